The topological polar surface area (TPSA) is 12.5 Å². The molecule has 0 radical (unpaired) electrons. The Balaban J connectivity index is 1.63. The van der Waals surface area contributed by atoms with Crippen LogP contribution in [0.3, 0.4) is 0 Å². The molecule has 0 saturated carbocycles. The highest BCUT2D eigenvalue weighted by molar-refractivity contribution is 6.31. The van der Waals surface area contributed by atoms with Gasteiger partial charge < -0.3 is 9.64 Å². The fourth-order valence-corrected chi connectivity index (χ4v) is 4.65. The Morgan fingerprint density at radius 3 is 1.89 bits per heavy atom. The number of halogens is 1. The molecule has 0 bridgehead atoms. The molecule has 0 spiro atoms. The molecule has 0 N–H and O–H groups in total. The zero-order valence-corrected chi connectivity index (χ0v) is 22.1. The molecule has 5 aromatic rings. The van der Waals surface area contributed by atoms with Crippen molar-refractivity contribution in [2.45, 2.75) is 26.2 Å². The second kappa shape index (κ2) is 10.5. The predicted octanol–water partition coefficient (Wildman–Crippen LogP) is 10.6. The van der Waals surface area contributed by atoms with Crippen LogP contribution in [0.15, 0.2) is 127 Å². The van der Waals surface area contributed by atoms with Crippen LogP contribution in [-0.2, 0) is 5.41 Å². The molecule has 0 aliphatic rings. The second-order valence-corrected chi connectivity index (χ2v) is 10.5. The van der Waals surface area contributed by atoms with Gasteiger partial charge in [-0.15, -0.1) is 0 Å². The minimum absolute atomic E-state index is 0.101. The number of benzene rings is 5. The summed E-state index contributed by atoms with van der Waals surface area (Å²) in [5.41, 5.74) is 6.72. The van der Waals surface area contributed by atoms with Gasteiger partial charge in [0.25, 0.3) is 0 Å². The lowest BCUT2D eigenvalue weighted by Gasteiger charge is -2.28. The molecular formula is C34H30ClNO. The quantitative estimate of drug-likeness (QED) is 0.228. The van der Waals surface area contributed by atoms with Gasteiger partial charge in [-0.25, -0.2) is 0 Å². The van der Waals surface area contributed by atoms with E-state index in [9.17, 15) is 0 Å². The first kappa shape index (κ1) is 24.7. The van der Waals surface area contributed by atoms with Gasteiger partial charge in [0.1, 0.15) is 11.5 Å². The lowest BCUT2D eigenvalue weighted by Crippen LogP contribution is -2.12. The van der Waals surface area contributed by atoms with E-state index < -0.39 is 0 Å². The minimum atomic E-state index is 0.101. The standard InChI is InChI=1S/C34H30ClNO/c1-34(2,3)26-20-18-25(19-21-26)32-16-10-11-17-33(32)36(28-12-6-4-7-13-28)29-22-27(35)23-31(24-29)37-30-14-8-5-9-15-30/h4-24H,1-3H3. The molecule has 0 aliphatic carbocycles. The van der Waals surface area contributed by atoms with Crippen molar-refractivity contribution in [3.8, 4) is 22.6 Å². The van der Waals surface area contributed by atoms with Crippen LogP contribution in [0.1, 0.15) is 26.3 Å². The Bertz CT molecular complexity index is 1470. The van der Waals surface area contributed by atoms with E-state index in [0.29, 0.717) is 10.8 Å². The number of rotatable bonds is 6. The van der Waals surface area contributed by atoms with E-state index >= 15 is 0 Å². The van der Waals surface area contributed by atoms with Gasteiger partial charge in [0.2, 0.25) is 0 Å². The SMILES string of the molecule is CC(C)(C)c1ccc(-c2ccccc2N(c2ccccc2)c2cc(Cl)cc(Oc3ccccc3)c2)cc1. The van der Waals surface area contributed by atoms with Gasteiger partial charge in [-0.3, -0.25) is 0 Å². The van der Waals surface area contributed by atoms with Gasteiger partial charge in [-0.2, -0.15) is 0 Å². The van der Waals surface area contributed by atoms with Crippen molar-refractivity contribution in [1.29, 1.82) is 0 Å². The molecule has 0 heterocycles. The number of ether oxygens (including phenoxy) is 1. The van der Waals surface area contributed by atoms with E-state index in [1.54, 1.807) is 0 Å². The smallest absolute Gasteiger partial charge is 0.131 e. The number of anilines is 3. The Kier molecular flexibility index (Phi) is 7.03. The first-order valence-electron chi connectivity index (χ1n) is 12.5. The fraction of sp³-hybridized carbons (Fsp3) is 0.118. The van der Waals surface area contributed by atoms with Crippen LogP contribution >= 0.6 is 11.6 Å². The van der Waals surface area contributed by atoms with Crippen molar-refractivity contribution in [2.75, 3.05) is 4.90 Å². The van der Waals surface area contributed by atoms with Crippen molar-refractivity contribution >= 4 is 28.7 Å². The normalized spacial score (nSPS) is 11.2. The number of hydrogen-bond acceptors (Lipinski definition) is 2. The third kappa shape index (κ3) is 5.71. The maximum atomic E-state index is 6.65. The fourth-order valence-electron chi connectivity index (χ4n) is 4.43. The zero-order chi connectivity index (χ0) is 25.8. The molecular weight excluding hydrogens is 474 g/mol. The van der Waals surface area contributed by atoms with Gasteiger partial charge in [0.05, 0.1) is 11.4 Å². The van der Waals surface area contributed by atoms with Crippen LogP contribution in [0.2, 0.25) is 5.02 Å². The van der Waals surface area contributed by atoms with Crippen molar-refractivity contribution < 1.29 is 4.74 Å². The first-order valence-corrected chi connectivity index (χ1v) is 12.8. The van der Waals surface area contributed by atoms with E-state index in [2.05, 4.69) is 98.5 Å². The molecule has 5 aromatic carbocycles. The summed E-state index contributed by atoms with van der Waals surface area (Å²) in [6.07, 6.45) is 0. The predicted molar refractivity (Wildman–Crippen MR) is 157 cm³/mol. The summed E-state index contributed by atoms with van der Waals surface area (Å²) in [6.45, 7) is 6.71. The van der Waals surface area contributed by atoms with Crippen LogP contribution in [0.25, 0.3) is 11.1 Å². The van der Waals surface area contributed by atoms with Crippen LogP contribution in [0.5, 0.6) is 11.5 Å². The van der Waals surface area contributed by atoms with Gasteiger partial charge in [0.15, 0.2) is 0 Å². The van der Waals surface area contributed by atoms with Crippen LogP contribution in [0.4, 0.5) is 17.1 Å². The average Bonchev–Trinajstić information content (AvgIpc) is 2.90. The van der Waals surface area contributed by atoms with Crippen LogP contribution in [0, 0.1) is 0 Å². The second-order valence-electron chi connectivity index (χ2n) is 10.1. The summed E-state index contributed by atoms with van der Waals surface area (Å²) in [5, 5.41) is 0.608. The van der Waals surface area contributed by atoms with E-state index in [4.69, 9.17) is 16.3 Å². The van der Waals surface area contributed by atoms with Gasteiger partial charge >= 0.3 is 0 Å². The summed E-state index contributed by atoms with van der Waals surface area (Å²) < 4.78 is 6.17. The third-order valence-corrected chi connectivity index (χ3v) is 6.53. The lowest BCUT2D eigenvalue weighted by molar-refractivity contribution is 0.483. The molecule has 184 valence electrons. The maximum absolute atomic E-state index is 6.65. The molecule has 2 nitrogen and oxygen atoms in total. The highest BCUT2D eigenvalue weighted by Gasteiger charge is 2.19. The Labute approximate surface area is 224 Å². The molecule has 0 aromatic heterocycles. The largest absolute Gasteiger partial charge is 0.457 e. The average molecular weight is 504 g/mol. The van der Waals surface area contributed by atoms with Gasteiger partial charge in [-0.1, -0.05) is 111 Å². The van der Waals surface area contributed by atoms with Crippen molar-refractivity contribution in [3.63, 3.8) is 0 Å². The lowest BCUT2D eigenvalue weighted by atomic mass is 9.86. The van der Waals surface area contributed by atoms with E-state index in [0.717, 1.165) is 33.9 Å². The van der Waals surface area contributed by atoms with Crippen molar-refractivity contribution in [2.24, 2.45) is 0 Å². The first-order chi connectivity index (χ1) is 17.9. The molecule has 37 heavy (non-hydrogen) atoms. The Hall–Kier alpha value is -4.01. The van der Waals surface area contributed by atoms with Crippen LogP contribution in [-0.4, -0.2) is 0 Å². The highest BCUT2D eigenvalue weighted by Crippen LogP contribution is 2.43. The molecule has 5 rings (SSSR count). The summed E-state index contributed by atoms with van der Waals surface area (Å²) in [5.74, 6) is 1.45. The molecule has 0 aliphatic heterocycles. The van der Waals surface area contributed by atoms with Gasteiger partial charge in [-0.05, 0) is 59.0 Å². The maximum Gasteiger partial charge on any atom is 0.131 e. The molecule has 3 heteroatoms. The van der Waals surface area contributed by atoms with E-state index in [1.807, 2.05) is 54.6 Å². The van der Waals surface area contributed by atoms with Crippen LogP contribution < -0.4 is 9.64 Å². The molecule has 0 atom stereocenters. The number of hydrogen-bond donors (Lipinski definition) is 0. The van der Waals surface area contributed by atoms with E-state index in [-0.39, 0.29) is 5.41 Å². The molecule has 0 unspecified atom stereocenters. The van der Waals surface area contributed by atoms with E-state index in [1.165, 1.54) is 5.56 Å². The highest BCUT2D eigenvalue weighted by atomic mass is 35.5. The molecule has 0 amide bonds. The summed E-state index contributed by atoms with van der Waals surface area (Å²) in [4.78, 5) is 2.23. The van der Waals surface area contributed by atoms with Crippen molar-refractivity contribution in [3.05, 3.63) is 138 Å². The Morgan fingerprint density at radius 2 is 1.22 bits per heavy atom. The minimum Gasteiger partial charge on any atom is -0.457 e. The molecule has 0 fully saturated rings. The molecule has 0 saturated heterocycles. The summed E-state index contributed by atoms with van der Waals surface area (Å²) in [7, 11) is 0. The summed E-state index contributed by atoms with van der Waals surface area (Å²) in [6, 6.07) is 43.3. The monoisotopic (exact) mass is 503 g/mol. The van der Waals surface area contributed by atoms with Crippen molar-refractivity contribution in [1.82, 2.24) is 0 Å². The Morgan fingerprint density at radius 1 is 0.595 bits per heavy atom. The number of para-hydroxylation sites is 3. The third-order valence-electron chi connectivity index (χ3n) is 6.31. The summed E-state index contributed by atoms with van der Waals surface area (Å²) >= 11 is 6.65. The zero-order valence-electron chi connectivity index (χ0n) is 21.4. The number of nitrogens with zero attached hydrogens (tertiary/aromatic N) is 1. The van der Waals surface area contributed by atoms with Gasteiger partial charge in [0, 0.05) is 22.3 Å².